The molecule has 0 aromatic heterocycles. The number of carbonyl (C=O) groups is 1. The smallest absolute Gasteiger partial charge is 0.446 e. The van der Waals surface area contributed by atoms with Gasteiger partial charge in [-0.15, -0.1) is 0 Å². The first-order chi connectivity index (χ1) is 8.80. The first kappa shape index (κ1) is 16.1. The fourth-order valence-corrected chi connectivity index (χ4v) is 2.90. The molecule has 0 aliphatic carbocycles. The van der Waals surface area contributed by atoms with E-state index in [1.54, 1.807) is 35.6 Å². The number of carbonyl (C=O) groups excluding carboxylic acids is 1. The summed E-state index contributed by atoms with van der Waals surface area (Å²) in [6.45, 7) is 1.72. The maximum absolute atomic E-state index is 12.5. The molecule has 0 spiro atoms. The summed E-state index contributed by atoms with van der Waals surface area (Å²) in [7, 11) is 0. The van der Waals surface area contributed by atoms with E-state index in [1.165, 1.54) is 12.1 Å². The lowest BCUT2D eigenvalue weighted by molar-refractivity contribution is -0.0328. The van der Waals surface area contributed by atoms with Gasteiger partial charge < -0.3 is 4.74 Å². The zero-order valence-corrected chi connectivity index (χ0v) is 12.5. The van der Waals surface area contributed by atoms with Gasteiger partial charge in [0, 0.05) is 8.47 Å². The van der Waals surface area contributed by atoms with E-state index in [9.17, 15) is 18.0 Å². The highest BCUT2D eigenvalue weighted by molar-refractivity contribution is 14.1. The van der Waals surface area contributed by atoms with Gasteiger partial charge in [-0.3, -0.25) is 0 Å². The predicted octanol–water partition coefficient (Wildman–Crippen LogP) is 3.95. The molecular weight excluding hydrogens is 394 g/mol. The van der Waals surface area contributed by atoms with Crippen molar-refractivity contribution in [1.82, 2.24) is 0 Å². The van der Waals surface area contributed by atoms with E-state index in [2.05, 4.69) is 0 Å². The van der Waals surface area contributed by atoms with Crippen LogP contribution in [0.15, 0.2) is 17.0 Å². The van der Waals surface area contributed by atoms with Crippen molar-refractivity contribution in [3.05, 3.63) is 26.8 Å². The third kappa shape index (κ3) is 4.28. The van der Waals surface area contributed by atoms with Crippen LogP contribution < -0.4 is 0 Å². The SMILES string of the molecule is CCOC(=O)c1ccc(C#N)c(SC(F)(F)F)c1I. The molecule has 1 aromatic rings. The van der Waals surface area contributed by atoms with Crippen molar-refractivity contribution >= 4 is 40.3 Å². The van der Waals surface area contributed by atoms with Crippen LogP contribution in [-0.4, -0.2) is 18.1 Å². The van der Waals surface area contributed by atoms with Crippen molar-refractivity contribution < 1.29 is 22.7 Å². The average molecular weight is 401 g/mol. The molecule has 0 bridgehead atoms. The molecule has 0 N–H and O–H groups in total. The second-order valence-electron chi connectivity index (χ2n) is 3.18. The zero-order chi connectivity index (χ0) is 14.6. The Bertz CT molecular complexity index is 540. The maximum atomic E-state index is 12.5. The van der Waals surface area contributed by atoms with Gasteiger partial charge >= 0.3 is 11.5 Å². The van der Waals surface area contributed by atoms with Gasteiger partial charge in [-0.1, -0.05) is 0 Å². The lowest BCUT2D eigenvalue weighted by Gasteiger charge is -2.12. The molecule has 0 unspecified atom stereocenters. The standard InChI is InChI=1S/C11H7F3INO2S/c1-2-18-10(17)7-4-3-6(5-16)9(8(7)15)19-11(12,13)14/h3-4H,2H2,1H3. The Morgan fingerprint density at radius 3 is 2.63 bits per heavy atom. The minimum absolute atomic E-state index is 0.0215. The molecule has 1 aromatic carbocycles. The molecular formula is C11H7F3INO2S. The Kier molecular flexibility index (Phi) is 5.49. The summed E-state index contributed by atoms with van der Waals surface area (Å²) in [6, 6.07) is 4.15. The Morgan fingerprint density at radius 1 is 1.53 bits per heavy atom. The number of nitriles is 1. The topological polar surface area (TPSA) is 50.1 Å². The van der Waals surface area contributed by atoms with Gasteiger partial charge in [0.1, 0.15) is 6.07 Å². The molecule has 0 heterocycles. The molecule has 19 heavy (non-hydrogen) atoms. The number of benzene rings is 1. The molecule has 0 radical (unpaired) electrons. The normalized spacial score (nSPS) is 10.9. The number of nitrogens with zero attached hydrogens (tertiary/aromatic N) is 1. The van der Waals surface area contributed by atoms with E-state index in [1.807, 2.05) is 0 Å². The lowest BCUT2D eigenvalue weighted by Crippen LogP contribution is -2.09. The van der Waals surface area contributed by atoms with E-state index >= 15 is 0 Å². The fraction of sp³-hybridized carbons (Fsp3) is 0.273. The molecule has 0 aliphatic heterocycles. The van der Waals surface area contributed by atoms with Gasteiger partial charge in [0.2, 0.25) is 0 Å². The lowest BCUT2D eigenvalue weighted by atomic mass is 10.1. The van der Waals surface area contributed by atoms with E-state index in [0.29, 0.717) is 0 Å². The van der Waals surface area contributed by atoms with Gasteiger partial charge in [-0.05, 0) is 53.4 Å². The highest BCUT2D eigenvalue weighted by Crippen LogP contribution is 2.41. The largest absolute Gasteiger partial charge is 0.462 e. The highest BCUT2D eigenvalue weighted by atomic mass is 127. The van der Waals surface area contributed by atoms with Crippen LogP contribution in [-0.2, 0) is 4.74 Å². The van der Waals surface area contributed by atoms with Crippen LogP contribution in [0.1, 0.15) is 22.8 Å². The van der Waals surface area contributed by atoms with Crippen molar-refractivity contribution in [1.29, 1.82) is 5.26 Å². The molecule has 0 saturated carbocycles. The summed E-state index contributed by atoms with van der Waals surface area (Å²) >= 11 is 1.20. The number of hydrogen-bond acceptors (Lipinski definition) is 4. The summed E-state index contributed by atoms with van der Waals surface area (Å²) in [5.74, 6) is -0.708. The summed E-state index contributed by atoms with van der Waals surface area (Å²) < 4.78 is 42.2. The Hall–Kier alpha value is -0.950. The Morgan fingerprint density at radius 2 is 2.16 bits per heavy atom. The second-order valence-corrected chi connectivity index (χ2v) is 5.34. The van der Waals surface area contributed by atoms with E-state index in [-0.39, 0.29) is 26.2 Å². The Labute approximate surface area is 125 Å². The second kappa shape index (κ2) is 6.47. The van der Waals surface area contributed by atoms with Gasteiger partial charge in [-0.2, -0.15) is 18.4 Å². The minimum atomic E-state index is -4.53. The number of esters is 1. The van der Waals surface area contributed by atoms with Crippen LogP contribution in [0, 0.1) is 14.9 Å². The molecule has 3 nitrogen and oxygen atoms in total. The first-order valence-corrected chi connectivity index (χ1v) is 6.85. The van der Waals surface area contributed by atoms with Crippen molar-refractivity contribution in [2.24, 2.45) is 0 Å². The summed E-state index contributed by atoms with van der Waals surface area (Å²) in [5.41, 5.74) is -4.63. The number of halogens is 4. The molecule has 1 rings (SSSR count). The van der Waals surface area contributed by atoms with Crippen LogP contribution in [0.25, 0.3) is 0 Å². The van der Waals surface area contributed by atoms with E-state index < -0.39 is 23.2 Å². The molecule has 0 saturated heterocycles. The summed E-state index contributed by atoms with van der Waals surface area (Å²) in [6.07, 6.45) is 0. The van der Waals surface area contributed by atoms with Crippen LogP contribution >= 0.6 is 34.4 Å². The fourth-order valence-electron chi connectivity index (χ4n) is 1.23. The molecule has 0 aliphatic rings. The molecule has 102 valence electrons. The van der Waals surface area contributed by atoms with Crippen LogP contribution in [0.4, 0.5) is 13.2 Å². The monoisotopic (exact) mass is 401 g/mol. The number of rotatable bonds is 3. The van der Waals surface area contributed by atoms with Gasteiger partial charge in [0.05, 0.1) is 17.7 Å². The highest BCUT2D eigenvalue weighted by Gasteiger charge is 2.33. The van der Waals surface area contributed by atoms with E-state index in [0.717, 1.165) is 0 Å². The van der Waals surface area contributed by atoms with Crippen LogP contribution in [0.3, 0.4) is 0 Å². The Balaban J connectivity index is 3.31. The van der Waals surface area contributed by atoms with Gasteiger partial charge in [-0.25, -0.2) is 4.79 Å². The van der Waals surface area contributed by atoms with Crippen LogP contribution in [0.2, 0.25) is 0 Å². The third-order valence-corrected chi connectivity index (χ3v) is 4.28. The van der Waals surface area contributed by atoms with Crippen molar-refractivity contribution in [3.8, 4) is 6.07 Å². The van der Waals surface area contributed by atoms with Crippen molar-refractivity contribution in [3.63, 3.8) is 0 Å². The quantitative estimate of drug-likeness (QED) is 0.437. The first-order valence-electron chi connectivity index (χ1n) is 4.95. The number of alkyl halides is 3. The average Bonchev–Trinajstić information content (AvgIpc) is 2.30. The van der Waals surface area contributed by atoms with E-state index in [4.69, 9.17) is 10.00 Å². The van der Waals surface area contributed by atoms with Gasteiger partial charge in [0.15, 0.2) is 0 Å². The third-order valence-electron chi connectivity index (χ3n) is 1.93. The van der Waals surface area contributed by atoms with Crippen molar-refractivity contribution in [2.45, 2.75) is 17.3 Å². The zero-order valence-electron chi connectivity index (χ0n) is 9.55. The summed E-state index contributed by atoms with van der Waals surface area (Å²) in [5, 5.41) is 8.82. The van der Waals surface area contributed by atoms with Gasteiger partial charge in [0.25, 0.3) is 0 Å². The van der Waals surface area contributed by atoms with Crippen molar-refractivity contribution in [2.75, 3.05) is 6.61 Å². The maximum Gasteiger partial charge on any atom is 0.446 e. The molecule has 0 amide bonds. The van der Waals surface area contributed by atoms with Crippen LogP contribution in [0.5, 0.6) is 0 Å². The minimum Gasteiger partial charge on any atom is -0.462 e. The predicted molar refractivity (Wildman–Crippen MR) is 71.7 cm³/mol. The number of thioether (sulfide) groups is 1. The number of hydrogen-bond donors (Lipinski definition) is 0. The summed E-state index contributed by atoms with van der Waals surface area (Å²) in [4.78, 5) is 11.3. The molecule has 0 atom stereocenters. The number of ether oxygens (including phenoxy) is 1. The molecule has 0 fully saturated rings. The molecule has 8 heteroatoms.